The Morgan fingerprint density at radius 3 is 3.10 bits per heavy atom. The Bertz CT molecular complexity index is 691. The number of rotatable bonds is 5. The first kappa shape index (κ1) is 13.1. The zero-order chi connectivity index (χ0) is 13.9. The van der Waals surface area contributed by atoms with Gasteiger partial charge in [0.05, 0.1) is 24.4 Å². The molecule has 20 heavy (non-hydrogen) atoms. The topological polar surface area (TPSA) is 47.3 Å². The van der Waals surface area contributed by atoms with Crippen LogP contribution in [0, 0.1) is 0 Å². The molecule has 2 aromatic heterocycles. The van der Waals surface area contributed by atoms with Gasteiger partial charge in [-0.1, -0.05) is 12.1 Å². The van der Waals surface area contributed by atoms with Crippen LogP contribution in [0.25, 0.3) is 11.0 Å². The summed E-state index contributed by atoms with van der Waals surface area (Å²) in [6, 6.07) is 8.07. The van der Waals surface area contributed by atoms with Gasteiger partial charge in [0, 0.05) is 17.3 Å². The number of ether oxygens (including phenoxy) is 1. The zero-order valence-corrected chi connectivity index (χ0v) is 12.2. The van der Waals surface area contributed by atoms with E-state index in [4.69, 9.17) is 9.15 Å². The molecule has 0 radical (unpaired) electrons. The fourth-order valence-corrected chi connectivity index (χ4v) is 2.67. The van der Waals surface area contributed by atoms with Gasteiger partial charge in [-0.25, -0.2) is 4.98 Å². The number of nitrogens with zero attached hydrogens (tertiary/aromatic N) is 1. The minimum absolute atomic E-state index is 0.119. The van der Waals surface area contributed by atoms with Gasteiger partial charge in [0.25, 0.3) is 0 Å². The van der Waals surface area contributed by atoms with Crippen molar-refractivity contribution in [3.63, 3.8) is 0 Å². The molecule has 1 unspecified atom stereocenters. The zero-order valence-electron chi connectivity index (χ0n) is 11.4. The molecule has 0 aliphatic heterocycles. The molecule has 0 spiro atoms. The van der Waals surface area contributed by atoms with Gasteiger partial charge in [-0.2, -0.15) is 0 Å². The van der Waals surface area contributed by atoms with E-state index in [2.05, 4.69) is 23.3 Å². The van der Waals surface area contributed by atoms with Crippen LogP contribution in [-0.2, 0) is 6.54 Å². The van der Waals surface area contributed by atoms with Crippen molar-refractivity contribution in [1.82, 2.24) is 10.3 Å². The van der Waals surface area contributed by atoms with Crippen molar-refractivity contribution >= 4 is 22.3 Å². The van der Waals surface area contributed by atoms with Crippen molar-refractivity contribution in [1.29, 1.82) is 0 Å². The highest BCUT2D eigenvalue weighted by molar-refractivity contribution is 7.07. The van der Waals surface area contributed by atoms with E-state index in [0.29, 0.717) is 0 Å². The van der Waals surface area contributed by atoms with Crippen molar-refractivity contribution in [2.75, 3.05) is 7.11 Å². The number of nitrogens with one attached hydrogen (secondary N) is 1. The molecule has 4 nitrogen and oxygen atoms in total. The van der Waals surface area contributed by atoms with Crippen LogP contribution in [0.2, 0.25) is 0 Å². The Morgan fingerprint density at radius 1 is 1.45 bits per heavy atom. The molecule has 5 heteroatoms. The van der Waals surface area contributed by atoms with E-state index in [1.54, 1.807) is 18.4 Å². The molecule has 2 heterocycles. The number of hydrogen-bond donors (Lipinski definition) is 1. The normalized spacial score (nSPS) is 12.7. The summed E-state index contributed by atoms with van der Waals surface area (Å²) in [6.45, 7) is 2.81. The molecule has 3 rings (SSSR count). The lowest BCUT2D eigenvalue weighted by Gasteiger charge is -2.09. The molecule has 0 fully saturated rings. The van der Waals surface area contributed by atoms with Gasteiger partial charge >= 0.3 is 0 Å². The number of thiazole rings is 1. The Labute approximate surface area is 121 Å². The Hall–Kier alpha value is -1.85. The van der Waals surface area contributed by atoms with E-state index < -0.39 is 0 Å². The van der Waals surface area contributed by atoms with Crippen molar-refractivity contribution < 1.29 is 9.15 Å². The van der Waals surface area contributed by atoms with Gasteiger partial charge in [-0.3, -0.25) is 0 Å². The summed E-state index contributed by atoms with van der Waals surface area (Å²) in [5, 5.41) is 6.51. The maximum absolute atomic E-state index is 5.92. The second kappa shape index (κ2) is 5.64. The molecule has 104 valence electrons. The monoisotopic (exact) mass is 288 g/mol. The first-order valence-electron chi connectivity index (χ1n) is 6.45. The lowest BCUT2D eigenvalue weighted by atomic mass is 10.2. The average Bonchev–Trinajstić information content (AvgIpc) is 3.12. The number of methoxy groups -OCH3 is 1. The lowest BCUT2D eigenvalue weighted by Crippen LogP contribution is -2.17. The number of aromatic nitrogens is 1. The first-order chi connectivity index (χ1) is 9.78. The van der Waals surface area contributed by atoms with Crippen LogP contribution in [0.5, 0.6) is 5.75 Å². The molecule has 0 bridgehead atoms. The van der Waals surface area contributed by atoms with Crippen molar-refractivity contribution in [3.8, 4) is 5.75 Å². The third kappa shape index (κ3) is 2.55. The average molecular weight is 288 g/mol. The molecule has 0 saturated carbocycles. The van der Waals surface area contributed by atoms with Gasteiger partial charge in [0.1, 0.15) is 5.76 Å². The Morgan fingerprint density at radius 2 is 2.35 bits per heavy atom. The van der Waals surface area contributed by atoms with E-state index in [1.165, 1.54) is 0 Å². The molecule has 3 aromatic rings. The Kier molecular flexibility index (Phi) is 3.71. The number of benzene rings is 1. The number of fused-ring (bicyclic) bond motifs is 1. The summed E-state index contributed by atoms with van der Waals surface area (Å²) in [6.07, 6.45) is 0. The Balaban J connectivity index is 1.79. The largest absolute Gasteiger partial charge is 0.493 e. The van der Waals surface area contributed by atoms with Gasteiger partial charge < -0.3 is 14.5 Å². The van der Waals surface area contributed by atoms with Crippen LogP contribution in [-0.4, -0.2) is 12.1 Å². The summed E-state index contributed by atoms with van der Waals surface area (Å²) < 4.78 is 11.2. The number of hydrogen-bond acceptors (Lipinski definition) is 5. The van der Waals surface area contributed by atoms with Crippen LogP contribution < -0.4 is 10.1 Å². The fraction of sp³-hybridized carbons (Fsp3) is 0.267. The maximum Gasteiger partial charge on any atom is 0.176 e. The van der Waals surface area contributed by atoms with Gasteiger partial charge in [0.2, 0.25) is 0 Å². The van der Waals surface area contributed by atoms with Crippen LogP contribution in [0.4, 0.5) is 0 Å². The molecule has 0 aliphatic carbocycles. The summed E-state index contributed by atoms with van der Waals surface area (Å²) >= 11 is 1.60. The SMILES string of the molecule is COc1cccc2cc(C(C)NCc3cscn3)oc12. The quantitative estimate of drug-likeness (QED) is 0.776. The third-order valence-corrected chi connectivity index (χ3v) is 3.88. The number of para-hydroxylation sites is 1. The van der Waals surface area contributed by atoms with Crippen LogP contribution in [0.15, 0.2) is 39.6 Å². The standard InChI is InChI=1S/C15H16N2O2S/c1-10(16-7-12-8-20-9-17-12)14-6-11-4-3-5-13(18-2)15(11)19-14/h3-6,8-10,16H,7H2,1-2H3. The van der Waals surface area contributed by atoms with Gasteiger partial charge in [0.15, 0.2) is 11.3 Å². The first-order valence-corrected chi connectivity index (χ1v) is 7.39. The van der Waals surface area contributed by atoms with Crippen LogP contribution in [0.3, 0.4) is 0 Å². The molecule has 0 amide bonds. The molecular formula is C15H16N2O2S. The minimum atomic E-state index is 0.119. The second-order valence-corrected chi connectivity index (χ2v) is 5.33. The molecule has 1 aromatic carbocycles. The molecule has 1 N–H and O–H groups in total. The molecule has 1 atom stereocenters. The summed E-state index contributed by atoms with van der Waals surface area (Å²) in [4.78, 5) is 4.26. The molecule has 0 saturated heterocycles. The molecular weight excluding hydrogens is 272 g/mol. The summed E-state index contributed by atoms with van der Waals surface area (Å²) in [5.41, 5.74) is 3.69. The number of furan rings is 1. The predicted octanol–water partition coefficient (Wildman–Crippen LogP) is 3.75. The van der Waals surface area contributed by atoms with Crippen LogP contribution >= 0.6 is 11.3 Å². The van der Waals surface area contributed by atoms with E-state index in [0.717, 1.165) is 34.7 Å². The van der Waals surface area contributed by atoms with E-state index in [9.17, 15) is 0 Å². The van der Waals surface area contributed by atoms with E-state index in [-0.39, 0.29) is 6.04 Å². The third-order valence-electron chi connectivity index (χ3n) is 3.25. The van der Waals surface area contributed by atoms with Gasteiger partial charge in [-0.05, 0) is 19.1 Å². The highest BCUT2D eigenvalue weighted by atomic mass is 32.1. The van der Waals surface area contributed by atoms with Crippen molar-refractivity contribution in [2.24, 2.45) is 0 Å². The second-order valence-electron chi connectivity index (χ2n) is 4.61. The smallest absolute Gasteiger partial charge is 0.176 e. The highest BCUT2D eigenvalue weighted by Crippen LogP contribution is 2.30. The molecule has 0 aliphatic rings. The summed E-state index contributed by atoms with van der Waals surface area (Å²) in [7, 11) is 1.65. The lowest BCUT2D eigenvalue weighted by molar-refractivity contribution is 0.399. The van der Waals surface area contributed by atoms with Crippen molar-refractivity contribution in [3.05, 3.63) is 46.6 Å². The maximum atomic E-state index is 5.92. The minimum Gasteiger partial charge on any atom is -0.493 e. The van der Waals surface area contributed by atoms with Crippen LogP contribution in [0.1, 0.15) is 24.4 Å². The van der Waals surface area contributed by atoms with E-state index >= 15 is 0 Å². The predicted molar refractivity (Wildman–Crippen MR) is 80.1 cm³/mol. The van der Waals surface area contributed by atoms with E-state index in [1.807, 2.05) is 29.1 Å². The highest BCUT2D eigenvalue weighted by Gasteiger charge is 2.13. The van der Waals surface area contributed by atoms with Gasteiger partial charge in [-0.15, -0.1) is 11.3 Å². The summed E-state index contributed by atoms with van der Waals surface area (Å²) in [5.74, 6) is 1.67. The van der Waals surface area contributed by atoms with Crippen molar-refractivity contribution in [2.45, 2.75) is 19.5 Å². The fourth-order valence-electron chi connectivity index (χ4n) is 2.11.